The topological polar surface area (TPSA) is 332 Å². The molecular formula is C50H80N2O17. The van der Waals surface area contributed by atoms with Gasteiger partial charge in [0.1, 0.15) is 12.2 Å². The number of nitrogens with two attached hydrogens (primary N) is 1. The Morgan fingerprint density at radius 3 is 1.90 bits per heavy atom. The molecule has 0 saturated carbocycles. The van der Waals surface area contributed by atoms with Crippen LogP contribution in [0.25, 0.3) is 0 Å². The van der Waals surface area contributed by atoms with Crippen molar-refractivity contribution in [3.63, 3.8) is 0 Å². The number of hydrogen-bond donors (Lipinski definition) is 13. The summed E-state index contributed by atoms with van der Waals surface area (Å²) in [4.78, 5) is 26.3. The van der Waals surface area contributed by atoms with E-state index in [1.165, 1.54) is 6.92 Å². The summed E-state index contributed by atoms with van der Waals surface area (Å²) in [5.41, 5.74) is 6.08. The number of allylic oxidation sites excluding steroid dienone is 12. The second-order valence-electron chi connectivity index (χ2n) is 18.8. The van der Waals surface area contributed by atoms with Crippen LogP contribution in [0.1, 0.15) is 86.0 Å². The van der Waals surface area contributed by atoms with Gasteiger partial charge in [0.2, 0.25) is 5.91 Å². The van der Waals surface area contributed by atoms with Crippen molar-refractivity contribution in [3.8, 4) is 0 Å². The first-order chi connectivity index (χ1) is 32.5. The Labute approximate surface area is 405 Å². The number of ether oxygens (including phenoxy) is 4. The van der Waals surface area contributed by atoms with E-state index in [2.05, 4.69) is 5.32 Å². The zero-order valence-electron chi connectivity index (χ0n) is 40.4. The van der Waals surface area contributed by atoms with E-state index < -0.39 is 153 Å². The number of aliphatic hydroxyl groups is 11. The third-order valence-electron chi connectivity index (χ3n) is 12.6. The van der Waals surface area contributed by atoms with E-state index in [1.807, 2.05) is 31.2 Å². The normalized spacial score (nSPS) is 44.0. The van der Waals surface area contributed by atoms with Crippen LogP contribution in [0.15, 0.2) is 85.1 Å². The summed E-state index contributed by atoms with van der Waals surface area (Å²) in [6.45, 7) is 8.04. The number of carbonyl (C=O) groups excluding carboxylic acids is 2. The van der Waals surface area contributed by atoms with Gasteiger partial charge < -0.3 is 86.2 Å². The molecule has 19 nitrogen and oxygen atoms in total. The van der Waals surface area contributed by atoms with Crippen LogP contribution in [0, 0.1) is 17.8 Å². The van der Waals surface area contributed by atoms with Crippen molar-refractivity contribution in [3.05, 3.63) is 85.1 Å². The average Bonchev–Trinajstić information content (AvgIpc) is 3.26. The molecule has 392 valence electrons. The van der Waals surface area contributed by atoms with Gasteiger partial charge >= 0.3 is 5.97 Å². The molecule has 0 aromatic rings. The molecule has 3 heterocycles. The average molecular weight is 981 g/mol. The fourth-order valence-corrected chi connectivity index (χ4v) is 8.36. The monoisotopic (exact) mass is 981 g/mol. The molecule has 0 unspecified atom stereocenters. The van der Waals surface area contributed by atoms with Crippen molar-refractivity contribution < 1.29 is 84.7 Å². The van der Waals surface area contributed by atoms with Gasteiger partial charge in [0.05, 0.1) is 91.6 Å². The number of amides is 1. The minimum Gasteiger partial charge on any atom is -0.462 e. The molecule has 19 heteroatoms. The third kappa shape index (κ3) is 20.6. The van der Waals surface area contributed by atoms with Gasteiger partial charge in [0, 0.05) is 44.1 Å². The SMILES string of the molecule is C[C@@H]1[C@H](O)[C@@H](C)/C=C/C=C/C=C/C=C/C=C/C=C/C=C/[C@H](O[C@@H]2O[C@H](C)[C@@H](O)[C@H](N)[C@@H]2O)C[C@@H]2O[C@](O)(C[C@@H](O)C[C@@H](O)[C@H](O)CC[C@@H](O)C[C@@H](O)CC(=O)O[C@H]1C)C[C@H](O)[C@H]2C(=O)NC[C@H](C)O. The van der Waals surface area contributed by atoms with Crippen molar-refractivity contribution in [2.45, 2.75) is 190 Å². The molecule has 3 aliphatic heterocycles. The molecule has 0 spiro atoms. The Hall–Kier alpha value is -3.48. The van der Waals surface area contributed by atoms with Crippen molar-refractivity contribution in [1.29, 1.82) is 0 Å². The summed E-state index contributed by atoms with van der Waals surface area (Å²) in [7, 11) is 0. The predicted octanol–water partition coefficient (Wildman–Crippen LogP) is 0.124. The van der Waals surface area contributed by atoms with Crippen LogP contribution in [0.5, 0.6) is 0 Å². The van der Waals surface area contributed by atoms with Gasteiger partial charge in [-0.1, -0.05) is 98.9 Å². The smallest absolute Gasteiger partial charge is 0.308 e. The Balaban J connectivity index is 1.92. The number of cyclic esters (lactones) is 1. The first-order valence-corrected chi connectivity index (χ1v) is 23.9. The van der Waals surface area contributed by atoms with Crippen LogP contribution in [0.3, 0.4) is 0 Å². The second kappa shape index (κ2) is 29.8. The lowest BCUT2D eigenvalue weighted by Gasteiger charge is -2.46. The molecule has 2 bridgehead atoms. The molecule has 20 atom stereocenters. The van der Waals surface area contributed by atoms with Gasteiger partial charge in [-0.05, 0) is 40.0 Å². The van der Waals surface area contributed by atoms with Gasteiger partial charge in [-0.15, -0.1) is 0 Å². The van der Waals surface area contributed by atoms with Gasteiger partial charge in [-0.2, -0.15) is 0 Å². The maximum Gasteiger partial charge on any atom is 0.308 e. The van der Waals surface area contributed by atoms with E-state index >= 15 is 0 Å². The van der Waals surface area contributed by atoms with Gasteiger partial charge in [-0.3, -0.25) is 9.59 Å². The highest BCUT2D eigenvalue weighted by Crippen LogP contribution is 2.38. The molecule has 0 aromatic carbocycles. The van der Waals surface area contributed by atoms with E-state index in [0.717, 1.165) is 0 Å². The molecule has 2 saturated heterocycles. The highest BCUT2D eigenvalue weighted by atomic mass is 16.7. The number of nitrogens with one attached hydrogen (secondary N) is 1. The van der Waals surface area contributed by atoms with Gasteiger partial charge in [-0.25, -0.2) is 0 Å². The Morgan fingerprint density at radius 2 is 1.30 bits per heavy atom. The van der Waals surface area contributed by atoms with E-state index in [9.17, 15) is 65.8 Å². The first-order valence-electron chi connectivity index (χ1n) is 23.9. The van der Waals surface area contributed by atoms with Crippen molar-refractivity contribution in [1.82, 2.24) is 5.32 Å². The number of aliphatic hydroxyl groups excluding tert-OH is 10. The maximum atomic E-state index is 13.6. The van der Waals surface area contributed by atoms with Crippen LogP contribution in [-0.2, 0) is 28.5 Å². The summed E-state index contributed by atoms with van der Waals surface area (Å²) in [5, 5.41) is 122. The zero-order valence-corrected chi connectivity index (χ0v) is 40.4. The molecule has 0 aliphatic carbocycles. The Kier molecular flexibility index (Phi) is 25.8. The molecule has 14 N–H and O–H groups in total. The fourth-order valence-electron chi connectivity index (χ4n) is 8.36. The van der Waals surface area contributed by atoms with Crippen LogP contribution >= 0.6 is 0 Å². The summed E-state index contributed by atoms with van der Waals surface area (Å²) < 4.78 is 23.6. The lowest BCUT2D eigenvalue weighted by Crippen LogP contribution is -2.62. The van der Waals surface area contributed by atoms with Crippen LogP contribution in [0.4, 0.5) is 0 Å². The van der Waals surface area contributed by atoms with Crippen molar-refractivity contribution in [2.24, 2.45) is 23.5 Å². The number of fused-ring (bicyclic) bond motifs is 2. The van der Waals surface area contributed by atoms with Crippen LogP contribution in [-0.4, -0.2) is 178 Å². The zero-order chi connectivity index (χ0) is 51.4. The largest absolute Gasteiger partial charge is 0.462 e. The highest BCUT2D eigenvalue weighted by molar-refractivity contribution is 5.80. The second-order valence-corrected chi connectivity index (χ2v) is 18.8. The van der Waals surface area contributed by atoms with Gasteiger partial charge in [0.15, 0.2) is 12.1 Å². The summed E-state index contributed by atoms with van der Waals surface area (Å²) in [5.74, 6) is -5.85. The number of esters is 1. The van der Waals surface area contributed by atoms with Crippen LogP contribution in [0.2, 0.25) is 0 Å². The summed E-state index contributed by atoms with van der Waals surface area (Å²) in [6, 6.07) is -1.15. The number of hydrogen-bond acceptors (Lipinski definition) is 18. The molecule has 0 radical (unpaired) electrons. The van der Waals surface area contributed by atoms with Crippen LogP contribution < -0.4 is 11.1 Å². The summed E-state index contributed by atoms with van der Waals surface area (Å²) >= 11 is 0. The van der Waals surface area contributed by atoms with E-state index in [1.54, 1.807) is 81.5 Å². The molecular weight excluding hydrogens is 901 g/mol. The molecule has 3 rings (SSSR count). The Bertz CT molecular complexity index is 1750. The standard InChI is InChI=1S/C50H80N2O17/c1-29-18-16-14-12-10-8-6-7-9-11-13-15-17-19-37(68-49-47(63)44(51)46(62)33(5)67-49)25-41-43(48(64)52-28-30(2)53)40(59)27-50(65,69-41)26-36(56)23-39(58)38(57)21-20-34(54)22-35(55)24-42(60)66-32(4)31(3)45(29)61/h6-19,29-41,43-47,49,53-59,61-63,65H,20-28,51H2,1-5H3,(H,52,64)/b7-6+,10-8+,11-9+,14-12+,15-13+,18-16+,19-17+/t29-,30-,31-,32-,33+,34+,35+,36-,37-,38+,39+,40-,41-,43+,44-,45+,46+,47-,49-,50+/m0/s1. The quantitative estimate of drug-likeness (QED) is 0.163. The third-order valence-corrected chi connectivity index (χ3v) is 12.6. The van der Waals surface area contributed by atoms with Gasteiger partial charge in [0.25, 0.3) is 0 Å². The minimum atomic E-state index is -2.30. The molecule has 0 aromatic heterocycles. The van der Waals surface area contributed by atoms with E-state index in [4.69, 9.17) is 24.7 Å². The lowest BCUT2D eigenvalue weighted by molar-refractivity contribution is -0.307. The fraction of sp³-hybridized carbons (Fsp3) is 0.680. The maximum absolute atomic E-state index is 13.6. The van der Waals surface area contributed by atoms with Crippen molar-refractivity contribution in [2.75, 3.05) is 6.54 Å². The van der Waals surface area contributed by atoms with E-state index in [-0.39, 0.29) is 38.1 Å². The first kappa shape index (κ1) is 59.8. The Morgan fingerprint density at radius 1 is 0.725 bits per heavy atom. The molecule has 3 aliphatic rings. The number of rotatable bonds is 5. The predicted molar refractivity (Wildman–Crippen MR) is 254 cm³/mol. The lowest BCUT2D eigenvalue weighted by atomic mass is 9.82. The number of carbonyl (C=O) groups is 2. The van der Waals surface area contributed by atoms with E-state index in [0.29, 0.717) is 0 Å². The van der Waals surface area contributed by atoms with Crippen molar-refractivity contribution >= 4 is 11.9 Å². The minimum absolute atomic E-state index is 0.105. The molecule has 69 heavy (non-hydrogen) atoms. The molecule has 2 fully saturated rings. The summed E-state index contributed by atoms with van der Waals surface area (Å²) in [6.07, 6.45) is 3.15. The highest BCUT2D eigenvalue weighted by Gasteiger charge is 2.51. The molecule has 1 amide bonds.